The molecule has 0 radical (unpaired) electrons. The number of hydrogen-bond acceptors (Lipinski definition) is 6. The first-order valence-electron chi connectivity index (χ1n) is 8.08. The van der Waals surface area contributed by atoms with Crippen LogP contribution in [0.25, 0.3) is 10.8 Å². The number of pyridine rings is 1. The van der Waals surface area contributed by atoms with Crippen molar-refractivity contribution in [2.45, 2.75) is 25.7 Å². The number of esters is 1. The van der Waals surface area contributed by atoms with E-state index in [4.69, 9.17) is 4.74 Å². The van der Waals surface area contributed by atoms with Gasteiger partial charge in [0.05, 0.1) is 17.1 Å². The third-order valence-electron chi connectivity index (χ3n) is 4.11. The molecule has 6 nitrogen and oxygen atoms in total. The van der Waals surface area contributed by atoms with Crippen molar-refractivity contribution in [3.05, 3.63) is 51.1 Å². The van der Waals surface area contributed by atoms with Gasteiger partial charge in [0.1, 0.15) is 5.00 Å². The van der Waals surface area contributed by atoms with Crippen LogP contribution < -0.4 is 4.72 Å². The van der Waals surface area contributed by atoms with Gasteiger partial charge >= 0.3 is 5.97 Å². The molecule has 0 aliphatic rings. The topological polar surface area (TPSA) is 85.4 Å². The zero-order valence-corrected chi connectivity index (χ0v) is 18.1. The number of aryl methyl sites for hydroxylation is 1. The monoisotopic (exact) mass is 468 g/mol. The molecule has 0 aliphatic heterocycles. The van der Waals surface area contributed by atoms with Crippen molar-refractivity contribution in [3.8, 4) is 0 Å². The van der Waals surface area contributed by atoms with Crippen molar-refractivity contribution in [1.82, 2.24) is 4.98 Å². The van der Waals surface area contributed by atoms with E-state index >= 15 is 0 Å². The number of halogens is 1. The molecule has 0 spiro atoms. The van der Waals surface area contributed by atoms with E-state index in [1.165, 1.54) is 23.6 Å². The molecule has 2 heterocycles. The van der Waals surface area contributed by atoms with Crippen molar-refractivity contribution in [1.29, 1.82) is 0 Å². The molecule has 0 unspecified atom stereocenters. The highest BCUT2D eigenvalue weighted by molar-refractivity contribution is 9.10. The van der Waals surface area contributed by atoms with Crippen LogP contribution >= 0.6 is 27.3 Å². The maximum atomic E-state index is 13.1. The van der Waals surface area contributed by atoms with Gasteiger partial charge in [0.15, 0.2) is 0 Å². The number of carbonyl (C=O) groups excluding carboxylic acids is 1. The summed E-state index contributed by atoms with van der Waals surface area (Å²) in [6.07, 6.45) is 3.10. The summed E-state index contributed by atoms with van der Waals surface area (Å²) < 4.78 is 34.6. The zero-order chi connectivity index (χ0) is 19.8. The molecule has 0 aliphatic carbocycles. The van der Waals surface area contributed by atoms with Crippen LogP contribution in [0.15, 0.2) is 40.0 Å². The number of benzene rings is 1. The van der Waals surface area contributed by atoms with Gasteiger partial charge in [-0.1, -0.05) is 15.9 Å². The number of hydrogen-bond donors (Lipinski definition) is 1. The van der Waals surface area contributed by atoms with Gasteiger partial charge in [-0.3, -0.25) is 9.71 Å². The largest absolute Gasteiger partial charge is 0.462 e. The fraction of sp³-hybridized carbons (Fsp3) is 0.222. The number of anilines is 1. The molecule has 0 saturated heterocycles. The van der Waals surface area contributed by atoms with Crippen LogP contribution in [0.3, 0.4) is 0 Å². The summed E-state index contributed by atoms with van der Waals surface area (Å²) in [5.74, 6) is -0.542. The number of rotatable bonds is 5. The lowest BCUT2D eigenvalue weighted by molar-refractivity contribution is 0.0527. The van der Waals surface area contributed by atoms with E-state index in [2.05, 4.69) is 25.6 Å². The maximum Gasteiger partial charge on any atom is 0.341 e. The first kappa shape index (κ1) is 19.8. The van der Waals surface area contributed by atoms with Crippen LogP contribution in [0.4, 0.5) is 5.00 Å². The minimum absolute atomic E-state index is 0.0901. The summed E-state index contributed by atoms with van der Waals surface area (Å²) in [4.78, 5) is 17.3. The Kier molecular flexibility index (Phi) is 5.55. The normalized spacial score (nSPS) is 11.6. The predicted octanol–water partition coefficient (Wildman–Crippen LogP) is 4.65. The quantitative estimate of drug-likeness (QED) is 0.550. The van der Waals surface area contributed by atoms with E-state index < -0.39 is 16.0 Å². The highest BCUT2D eigenvalue weighted by Crippen LogP contribution is 2.36. The molecule has 3 aromatic rings. The van der Waals surface area contributed by atoms with E-state index in [1.54, 1.807) is 32.2 Å². The predicted molar refractivity (Wildman–Crippen MR) is 110 cm³/mol. The van der Waals surface area contributed by atoms with Gasteiger partial charge in [0.2, 0.25) is 0 Å². The Morgan fingerprint density at radius 1 is 1.26 bits per heavy atom. The molecule has 2 aromatic heterocycles. The Balaban J connectivity index is 2.11. The van der Waals surface area contributed by atoms with Crippen LogP contribution in [-0.4, -0.2) is 26.0 Å². The summed E-state index contributed by atoms with van der Waals surface area (Å²) in [6.45, 7) is 5.52. The van der Waals surface area contributed by atoms with Crippen molar-refractivity contribution in [2.75, 3.05) is 11.3 Å². The first-order valence-corrected chi connectivity index (χ1v) is 11.2. The summed E-state index contributed by atoms with van der Waals surface area (Å²) in [6, 6.07) is 4.92. The van der Waals surface area contributed by atoms with Crippen molar-refractivity contribution in [3.63, 3.8) is 0 Å². The van der Waals surface area contributed by atoms with E-state index in [0.717, 1.165) is 14.7 Å². The van der Waals surface area contributed by atoms with Gasteiger partial charge in [-0.05, 0) is 44.5 Å². The van der Waals surface area contributed by atoms with Gasteiger partial charge in [0, 0.05) is 32.5 Å². The third kappa shape index (κ3) is 3.71. The fourth-order valence-corrected chi connectivity index (χ4v) is 5.72. The Morgan fingerprint density at radius 3 is 2.70 bits per heavy atom. The molecule has 3 rings (SSSR count). The number of nitrogens with zero attached hydrogens (tertiary/aromatic N) is 1. The van der Waals surface area contributed by atoms with E-state index in [-0.39, 0.29) is 22.1 Å². The molecule has 0 bridgehead atoms. The van der Waals surface area contributed by atoms with Gasteiger partial charge in [-0.15, -0.1) is 11.3 Å². The number of aromatic nitrogens is 1. The SMILES string of the molecule is CCOC(=O)c1c(NS(=O)(=O)c2ccc(Br)c3ccncc23)sc(C)c1C. The third-order valence-corrected chi connectivity index (χ3v) is 7.46. The fourth-order valence-electron chi connectivity index (χ4n) is 2.69. The van der Waals surface area contributed by atoms with Gasteiger partial charge in [-0.25, -0.2) is 13.2 Å². The van der Waals surface area contributed by atoms with E-state index in [9.17, 15) is 13.2 Å². The summed E-state index contributed by atoms with van der Waals surface area (Å²) in [7, 11) is -3.94. The minimum atomic E-state index is -3.94. The lowest BCUT2D eigenvalue weighted by Gasteiger charge is -2.11. The summed E-state index contributed by atoms with van der Waals surface area (Å²) in [5.41, 5.74) is 0.959. The second-order valence-electron chi connectivity index (χ2n) is 5.78. The maximum absolute atomic E-state index is 13.1. The lowest BCUT2D eigenvalue weighted by Crippen LogP contribution is -2.16. The Hall–Kier alpha value is -1.97. The molecule has 0 atom stereocenters. The number of ether oxygens (including phenoxy) is 1. The Morgan fingerprint density at radius 2 is 2.00 bits per heavy atom. The number of nitrogens with one attached hydrogen (secondary N) is 1. The smallest absolute Gasteiger partial charge is 0.341 e. The molecule has 27 heavy (non-hydrogen) atoms. The summed E-state index contributed by atoms with van der Waals surface area (Å²) >= 11 is 4.63. The summed E-state index contributed by atoms with van der Waals surface area (Å²) in [5, 5.41) is 1.47. The average Bonchev–Trinajstić information content (AvgIpc) is 2.88. The van der Waals surface area contributed by atoms with Gasteiger partial charge in [-0.2, -0.15) is 0 Å². The van der Waals surface area contributed by atoms with Gasteiger partial charge in [0.25, 0.3) is 10.0 Å². The molecule has 0 saturated carbocycles. The number of sulfonamides is 1. The van der Waals surface area contributed by atoms with Crippen LogP contribution in [0.5, 0.6) is 0 Å². The molecular weight excluding hydrogens is 452 g/mol. The first-order chi connectivity index (χ1) is 12.8. The standard InChI is InChI=1S/C18H17BrN2O4S2/c1-4-25-18(22)16-10(2)11(3)26-17(16)21-27(23,24)15-6-5-14(19)12-7-8-20-9-13(12)15/h5-9,21H,4H2,1-3H3. The van der Waals surface area contributed by atoms with E-state index in [0.29, 0.717) is 10.9 Å². The van der Waals surface area contributed by atoms with Crippen LogP contribution in [-0.2, 0) is 14.8 Å². The highest BCUT2D eigenvalue weighted by Gasteiger charge is 2.26. The minimum Gasteiger partial charge on any atom is -0.462 e. The van der Waals surface area contributed by atoms with Crippen LogP contribution in [0.1, 0.15) is 27.7 Å². The van der Waals surface area contributed by atoms with Gasteiger partial charge < -0.3 is 4.74 Å². The molecule has 0 fully saturated rings. The van der Waals surface area contributed by atoms with E-state index in [1.807, 2.05) is 6.92 Å². The van der Waals surface area contributed by atoms with Crippen molar-refractivity contribution < 1.29 is 17.9 Å². The van der Waals surface area contributed by atoms with Crippen LogP contribution in [0.2, 0.25) is 0 Å². The molecule has 0 amide bonds. The average molecular weight is 469 g/mol. The van der Waals surface area contributed by atoms with Crippen molar-refractivity contribution >= 4 is 59.0 Å². The Bertz CT molecular complexity index is 1140. The number of carbonyl (C=O) groups is 1. The molecular formula is C18H17BrN2O4S2. The molecule has 1 aromatic carbocycles. The number of thiophene rings is 1. The van der Waals surface area contributed by atoms with Crippen LogP contribution in [0, 0.1) is 13.8 Å². The lowest BCUT2D eigenvalue weighted by atomic mass is 10.2. The second kappa shape index (κ2) is 7.57. The molecule has 9 heteroatoms. The Labute approximate surface area is 169 Å². The zero-order valence-electron chi connectivity index (χ0n) is 14.9. The second-order valence-corrected chi connectivity index (χ2v) is 9.51. The highest BCUT2D eigenvalue weighted by atomic mass is 79.9. The molecule has 1 N–H and O–H groups in total. The van der Waals surface area contributed by atoms with Crippen molar-refractivity contribution in [2.24, 2.45) is 0 Å². The number of fused-ring (bicyclic) bond motifs is 1. The molecule has 142 valence electrons.